The summed E-state index contributed by atoms with van der Waals surface area (Å²) in [5.41, 5.74) is 1.07. The molecule has 2 amide bonds. The third kappa shape index (κ3) is 3.25. The van der Waals surface area contributed by atoms with Crippen LogP contribution in [0, 0.1) is 5.92 Å². The molecule has 1 aliphatic heterocycles. The quantitative estimate of drug-likeness (QED) is 0.870. The first-order valence-corrected chi connectivity index (χ1v) is 7.52. The topological polar surface area (TPSA) is 67.2 Å². The number of piperazine rings is 1. The fraction of sp³-hybridized carbons (Fsp3) is 0.667. The van der Waals surface area contributed by atoms with Crippen molar-refractivity contribution in [3.63, 3.8) is 0 Å². The predicted octanol–water partition coefficient (Wildman–Crippen LogP) is 0.724. The van der Waals surface area contributed by atoms with Gasteiger partial charge in [0.15, 0.2) is 0 Å². The normalized spacial score (nSPS) is 24.1. The van der Waals surface area contributed by atoms with Gasteiger partial charge in [0, 0.05) is 19.8 Å². The molecular weight excluding hydrogens is 268 g/mol. The molecule has 3 unspecified atom stereocenters. The first kappa shape index (κ1) is 15.5. The van der Waals surface area contributed by atoms with Crippen LogP contribution < -0.4 is 5.32 Å². The molecule has 0 aromatic carbocycles. The lowest BCUT2D eigenvalue weighted by molar-refractivity contribution is -0.150. The summed E-state index contributed by atoms with van der Waals surface area (Å²) in [5, 5.41) is 6.98. The smallest absolute Gasteiger partial charge is 0.246 e. The first-order chi connectivity index (χ1) is 9.93. The largest absolute Gasteiger partial charge is 0.342 e. The van der Waals surface area contributed by atoms with E-state index >= 15 is 0 Å². The molecule has 1 saturated heterocycles. The van der Waals surface area contributed by atoms with Gasteiger partial charge in [0.2, 0.25) is 11.8 Å². The SMILES string of the molecule is CCC(C)C1NC(=O)C(C)N(CCc2cnn(C)c2)C1=O. The van der Waals surface area contributed by atoms with Crippen LogP contribution in [0.4, 0.5) is 0 Å². The number of amides is 2. The number of aromatic nitrogens is 2. The second kappa shape index (κ2) is 6.28. The van der Waals surface area contributed by atoms with Gasteiger partial charge in [-0.15, -0.1) is 0 Å². The molecule has 3 atom stereocenters. The number of carbonyl (C=O) groups is 2. The summed E-state index contributed by atoms with van der Waals surface area (Å²) in [4.78, 5) is 26.4. The lowest BCUT2D eigenvalue weighted by Gasteiger charge is -2.39. The zero-order valence-corrected chi connectivity index (χ0v) is 13.2. The third-order valence-electron chi connectivity index (χ3n) is 4.31. The van der Waals surface area contributed by atoms with Gasteiger partial charge in [0.05, 0.1) is 6.20 Å². The van der Waals surface area contributed by atoms with Crippen LogP contribution in [0.5, 0.6) is 0 Å². The Balaban J connectivity index is 2.07. The van der Waals surface area contributed by atoms with Crippen LogP contribution in [0.3, 0.4) is 0 Å². The van der Waals surface area contributed by atoms with E-state index in [1.807, 2.05) is 27.1 Å². The van der Waals surface area contributed by atoms with E-state index in [0.29, 0.717) is 13.0 Å². The Morgan fingerprint density at radius 2 is 2.14 bits per heavy atom. The third-order valence-corrected chi connectivity index (χ3v) is 4.31. The Morgan fingerprint density at radius 3 is 2.71 bits per heavy atom. The molecule has 21 heavy (non-hydrogen) atoms. The Hall–Kier alpha value is -1.85. The van der Waals surface area contributed by atoms with E-state index in [1.165, 1.54) is 0 Å². The molecular formula is C15H24N4O2. The summed E-state index contributed by atoms with van der Waals surface area (Å²) in [7, 11) is 1.87. The van der Waals surface area contributed by atoms with E-state index in [1.54, 1.807) is 22.7 Å². The van der Waals surface area contributed by atoms with Crippen molar-refractivity contribution in [1.29, 1.82) is 0 Å². The van der Waals surface area contributed by atoms with E-state index in [0.717, 1.165) is 12.0 Å². The lowest BCUT2D eigenvalue weighted by atomic mass is 9.94. The van der Waals surface area contributed by atoms with Gasteiger partial charge in [-0.25, -0.2) is 0 Å². The highest BCUT2D eigenvalue weighted by molar-refractivity contribution is 5.96. The number of rotatable bonds is 5. The summed E-state index contributed by atoms with van der Waals surface area (Å²) in [6, 6.07) is -0.804. The number of carbonyl (C=O) groups excluding carboxylic acids is 2. The highest BCUT2D eigenvalue weighted by Crippen LogP contribution is 2.18. The summed E-state index contributed by atoms with van der Waals surface area (Å²) < 4.78 is 1.74. The van der Waals surface area contributed by atoms with Gasteiger partial charge >= 0.3 is 0 Å². The van der Waals surface area contributed by atoms with Gasteiger partial charge in [-0.3, -0.25) is 14.3 Å². The second-order valence-electron chi connectivity index (χ2n) is 5.85. The maximum Gasteiger partial charge on any atom is 0.246 e. The zero-order valence-electron chi connectivity index (χ0n) is 13.2. The molecule has 116 valence electrons. The fourth-order valence-electron chi connectivity index (χ4n) is 2.62. The molecule has 1 aliphatic rings. The molecule has 6 heteroatoms. The fourth-order valence-corrected chi connectivity index (χ4v) is 2.62. The highest BCUT2D eigenvalue weighted by Gasteiger charge is 2.39. The van der Waals surface area contributed by atoms with Gasteiger partial charge in [-0.05, 0) is 24.8 Å². The average molecular weight is 292 g/mol. The average Bonchev–Trinajstić information content (AvgIpc) is 2.87. The minimum atomic E-state index is -0.408. The zero-order chi connectivity index (χ0) is 15.6. The van der Waals surface area contributed by atoms with Crippen molar-refractivity contribution in [1.82, 2.24) is 20.0 Å². The molecule has 0 radical (unpaired) electrons. The van der Waals surface area contributed by atoms with Gasteiger partial charge in [-0.2, -0.15) is 5.10 Å². The van der Waals surface area contributed by atoms with Crippen molar-refractivity contribution in [2.45, 2.75) is 45.7 Å². The maximum absolute atomic E-state index is 12.6. The monoisotopic (exact) mass is 292 g/mol. The van der Waals surface area contributed by atoms with Crippen LogP contribution in [0.25, 0.3) is 0 Å². The molecule has 6 nitrogen and oxygen atoms in total. The number of hydrogen-bond donors (Lipinski definition) is 1. The van der Waals surface area contributed by atoms with Crippen molar-refractivity contribution < 1.29 is 9.59 Å². The van der Waals surface area contributed by atoms with E-state index in [4.69, 9.17) is 0 Å². The van der Waals surface area contributed by atoms with Gasteiger partial charge in [0.1, 0.15) is 12.1 Å². The summed E-state index contributed by atoms with van der Waals surface area (Å²) in [6.45, 7) is 6.36. The number of nitrogens with one attached hydrogen (secondary N) is 1. The van der Waals surface area contributed by atoms with E-state index in [2.05, 4.69) is 10.4 Å². The van der Waals surface area contributed by atoms with Gasteiger partial charge < -0.3 is 10.2 Å². The standard InChI is InChI=1S/C15H24N4O2/c1-5-10(2)13-15(21)19(11(3)14(20)17-13)7-6-12-8-16-18(4)9-12/h8-11,13H,5-7H2,1-4H3,(H,17,20). The van der Waals surface area contributed by atoms with Crippen LogP contribution in [0.1, 0.15) is 32.8 Å². The van der Waals surface area contributed by atoms with E-state index in [9.17, 15) is 9.59 Å². The Bertz CT molecular complexity index is 525. The highest BCUT2D eigenvalue weighted by atomic mass is 16.2. The van der Waals surface area contributed by atoms with Crippen LogP contribution in [0.15, 0.2) is 12.4 Å². The van der Waals surface area contributed by atoms with Crippen molar-refractivity contribution in [3.05, 3.63) is 18.0 Å². The molecule has 0 bridgehead atoms. The van der Waals surface area contributed by atoms with Crippen molar-refractivity contribution in [2.24, 2.45) is 13.0 Å². The molecule has 0 aliphatic carbocycles. The predicted molar refractivity (Wildman–Crippen MR) is 79.5 cm³/mol. The summed E-state index contributed by atoms with van der Waals surface area (Å²) in [5.74, 6) is 0.112. The summed E-state index contributed by atoms with van der Waals surface area (Å²) >= 11 is 0. The Kier molecular flexibility index (Phi) is 4.65. The lowest BCUT2D eigenvalue weighted by Crippen LogP contribution is -2.64. The molecule has 1 N–H and O–H groups in total. The number of hydrogen-bond acceptors (Lipinski definition) is 3. The summed E-state index contributed by atoms with van der Waals surface area (Å²) in [6.07, 6.45) is 5.31. The minimum Gasteiger partial charge on any atom is -0.342 e. The second-order valence-corrected chi connectivity index (χ2v) is 5.85. The molecule has 1 aromatic rings. The molecule has 1 aromatic heterocycles. The Morgan fingerprint density at radius 1 is 1.43 bits per heavy atom. The van der Waals surface area contributed by atoms with Crippen LogP contribution in [-0.2, 0) is 23.1 Å². The molecule has 1 fully saturated rings. The van der Waals surface area contributed by atoms with E-state index < -0.39 is 12.1 Å². The maximum atomic E-state index is 12.6. The molecule has 0 saturated carbocycles. The molecule has 0 spiro atoms. The van der Waals surface area contributed by atoms with Crippen molar-refractivity contribution in [2.75, 3.05) is 6.54 Å². The van der Waals surface area contributed by atoms with Crippen molar-refractivity contribution in [3.8, 4) is 0 Å². The minimum absolute atomic E-state index is 0.0281. The van der Waals surface area contributed by atoms with E-state index in [-0.39, 0.29) is 17.7 Å². The number of aryl methyl sites for hydroxylation is 1. The van der Waals surface area contributed by atoms with Gasteiger partial charge in [0.25, 0.3) is 0 Å². The number of nitrogens with zero attached hydrogens (tertiary/aromatic N) is 3. The first-order valence-electron chi connectivity index (χ1n) is 7.52. The van der Waals surface area contributed by atoms with Gasteiger partial charge in [-0.1, -0.05) is 20.3 Å². The van der Waals surface area contributed by atoms with Crippen molar-refractivity contribution >= 4 is 11.8 Å². The Labute approximate surface area is 125 Å². The molecule has 2 rings (SSSR count). The van der Waals surface area contributed by atoms with Crippen LogP contribution >= 0.6 is 0 Å². The molecule has 2 heterocycles. The van der Waals surface area contributed by atoms with Crippen LogP contribution in [-0.4, -0.2) is 45.1 Å². The van der Waals surface area contributed by atoms with Crippen LogP contribution in [0.2, 0.25) is 0 Å².